The van der Waals surface area contributed by atoms with Gasteiger partial charge in [0.15, 0.2) is 0 Å². The molecule has 1 amide bonds. The fraction of sp³-hybridized carbons (Fsp3) is 0.441. The van der Waals surface area contributed by atoms with Gasteiger partial charge in [0.2, 0.25) is 0 Å². The minimum absolute atomic E-state index is 0.198. The number of benzene rings is 2. The smallest absolute Gasteiger partial charge is 0.264 e. The average Bonchev–Trinajstić information content (AvgIpc) is 3.66. The van der Waals surface area contributed by atoms with E-state index in [-0.39, 0.29) is 16.2 Å². The Morgan fingerprint density at radius 2 is 1.86 bits per heavy atom. The van der Waals surface area contributed by atoms with Crippen LogP contribution in [-0.2, 0) is 45.2 Å². The normalized spacial score (nSPS) is 20.7. The summed E-state index contributed by atoms with van der Waals surface area (Å²) in [5.74, 6) is -0.205. The molecule has 4 aliphatic rings. The quantitative estimate of drug-likeness (QED) is 0.371. The number of para-hydroxylation sites is 1. The second-order valence-corrected chi connectivity index (χ2v) is 14.9. The third kappa shape index (κ3) is 5.32. The number of H-pyrrole nitrogens is 1. The molecule has 0 saturated carbocycles. The number of sulfonamides is 1. The van der Waals surface area contributed by atoms with Crippen molar-refractivity contribution < 1.29 is 17.9 Å². The monoisotopic (exact) mass is 600 g/mol. The number of nitrogens with one attached hydrogen (secondary N) is 2. The maximum Gasteiger partial charge on any atom is 0.264 e. The zero-order valence-corrected chi connectivity index (χ0v) is 25.9. The van der Waals surface area contributed by atoms with E-state index in [1.54, 1.807) is 18.2 Å². The Morgan fingerprint density at radius 1 is 1.05 bits per heavy atom. The fourth-order valence-electron chi connectivity index (χ4n) is 7.15. The van der Waals surface area contributed by atoms with E-state index in [0.717, 1.165) is 81.9 Å². The van der Waals surface area contributed by atoms with Crippen LogP contribution in [0, 0.1) is 5.41 Å². The number of carbonyl (C=O) groups is 1. The Kier molecular flexibility index (Phi) is 7.22. The first kappa shape index (κ1) is 28.4. The zero-order valence-electron chi connectivity index (χ0n) is 25.0. The molecule has 43 heavy (non-hydrogen) atoms. The van der Waals surface area contributed by atoms with E-state index >= 15 is 0 Å². The molecule has 226 valence electrons. The molecule has 9 heteroatoms. The van der Waals surface area contributed by atoms with Crippen molar-refractivity contribution in [3.8, 4) is 0 Å². The molecule has 0 bridgehead atoms. The number of fused-ring (bicyclic) bond motifs is 3. The Labute approximate surface area is 254 Å². The first-order valence-corrected chi connectivity index (χ1v) is 16.9. The standard InChI is InChI=1S/C34H40N4O4S/c1-34(2)13-11-26-25(7-5-14-37-16-18-42-19-17-37)30(35-31(26)22-34)21-28-27-20-24(9-10-29(27)36-33(28)39)43(40,41)38-15-12-23-6-3-4-8-32(23)38/h3-4,6,8-10,20-21,35H,5,7,11-19,22H2,1-2H3,(H,36,39). The number of morpholine rings is 1. The van der Waals surface area contributed by atoms with Gasteiger partial charge in [0.25, 0.3) is 15.9 Å². The molecule has 3 aliphatic heterocycles. The van der Waals surface area contributed by atoms with Crippen molar-refractivity contribution in [1.29, 1.82) is 0 Å². The van der Waals surface area contributed by atoms with Gasteiger partial charge >= 0.3 is 0 Å². The molecule has 0 atom stereocenters. The van der Waals surface area contributed by atoms with Crippen LogP contribution >= 0.6 is 0 Å². The van der Waals surface area contributed by atoms with Crippen molar-refractivity contribution in [1.82, 2.24) is 9.88 Å². The van der Waals surface area contributed by atoms with E-state index in [9.17, 15) is 13.2 Å². The van der Waals surface area contributed by atoms with Crippen LogP contribution in [0.4, 0.5) is 11.4 Å². The molecule has 2 aromatic carbocycles. The van der Waals surface area contributed by atoms with Crippen LogP contribution in [0.5, 0.6) is 0 Å². The predicted octanol–water partition coefficient (Wildman–Crippen LogP) is 5.04. The largest absolute Gasteiger partial charge is 0.379 e. The van der Waals surface area contributed by atoms with Crippen molar-refractivity contribution in [3.05, 3.63) is 76.1 Å². The van der Waals surface area contributed by atoms with Crippen molar-refractivity contribution in [2.24, 2.45) is 5.41 Å². The molecule has 1 fully saturated rings. The van der Waals surface area contributed by atoms with Crippen LogP contribution < -0.4 is 9.62 Å². The first-order chi connectivity index (χ1) is 20.7. The van der Waals surface area contributed by atoms with Crippen LogP contribution in [0.1, 0.15) is 60.3 Å². The van der Waals surface area contributed by atoms with E-state index < -0.39 is 10.0 Å². The number of ether oxygens (including phenoxy) is 1. The van der Waals surface area contributed by atoms with Crippen molar-refractivity contribution in [3.63, 3.8) is 0 Å². The van der Waals surface area contributed by atoms with Gasteiger partial charge in [0.1, 0.15) is 0 Å². The minimum Gasteiger partial charge on any atom is -0.379 e. The molecule has 7 rings (SSSR count). The minimum atomic E-state index is -3.79. The van der Waals surface area contributed by atoms with Gasteiger partial charge in [-0.25, -0.2) is 8.42 Å². The molecule has 1 aromatic heterocycles. The fourth-order valence-corrected chi connectivity index (χ4v) is 8.68. The Hall–Kier alpha value is -3.40. The number of nitrogens with zero attached hydrogens (tertiary/aromatic N) is 2. The Bertz CT molecular complexity index is 1720. The topological polar surface area (TPSA) is 94.7 Å². The van der Waals surface area contributed by atoms with Crippen molar-refractivity contribution in [2.75, 3.05) is 49.0 Å². The van der Waals surface area contributed by atoms with Gasteiger partial charge in [-0.15, -0.1) is 0 Å². The van der Waals surface area contributed by atoms with Crippen LogP contribution in [0.15, 0.2) is 47.4 Å². The number of aromatic amines is 1. The van der Waals surface area contributed by atoms with Gasteiger partial charge in [0, 0.05) is 42.3 Å². The summed E-state index contributed by atoms with van der Waals surface area (Å²) in [5, 5.41) is 2.96. The second-order valence-electron chi connectivity index (χ2n) is 13.0. The molecule has 3 aromatic rings. The molecular formula is C34H40N4O4S. The summed E-state index contributed by atoms with van der Waals surface area (Å²) in [7, 11) is -3.79. The summed E-state index contributed by atoms with van der Waals surface area (Å²) in [6.07, 6.45) is 7.74. The van der Waals surface area contributed by atoms with Gasteiger partial charge in [0.05, 0.1) is 29.4 Å². The number of anilines is 2. The summed E-state index contributed by atoms with van der Waals surface area (Å²) < 4.78 is 34.7. The molecule has 2 N–H and O–H groups in total. The van der Waals surface area contributed by atoms with Gasteiger partial charge in [-0.3, -0.25) is 14.0 Å². The van der Waals surface area contributed by atoms with Crippen LogP contribution in [0.3, 0.4) is 0 Å². The highest BCUT2D eigenvalue weighted by atomic mass is 32.2. The van der Waals surface area contributed by atoms with Crippen LogP contribution in [-0.4, -0.2) is 63.6 Å². The molecule has 4 heterocycles. The molecule has 1 saturated heterocycles. The maximum absolute atomic E-state index is 13.8. The third-order valence-electron chi connectivity index (χ3n) is 9.55. The lowest BCUT2D eigenvalue weighted by molar-refractivity contribution is -0.110. The average molecular weight is 601 g/mol. The van der Waals surface area contributed by atoms with Crippen LogP contribution in [0.2, 0.25) is 0 Å². The SMILES string of the molecule is CC1(C)CCc2c([nH]c(C=C3C(=O)Nc4ccc(S(=O)(=O)N5CCc6ccccc65)cc43)c2CCCN2CCOCC2)C1. The number of aromatic nitrogens is 1. The highest BCUT2D eigenvalue weighted by Gasteiger charge is 2.34. The summed E-state index contributed by atoms with van der Waals surface area (Å²) >= 11 is 0. The molecule has 0 radical (unpaired) electrons. The number of rotatable bonds is 7. The van der Waals surface area contributed by atoms with E-state index in [1.807, 2.05) is 30.3 Å². The van der Waals surface area contributed by atoms with Crippen molar-refractivity contribution in [2.45, 2.75) is 57.3 Å². The molecule has 1 aliphatic carbocycles. The lowest BCUT2D eigenvalue weighted by atomic mass is 9.76. The van der Waals surface area contributed by atoms with Crippen LogP contribution in [0.25, 0.3) is 11.6 Å². The second kappa shape index (κ2) is 10.9. The molecule has 0 spiro atoms. The summed E-state index contributed by atoms with van der Waals surface area (Å²) in [5.41, 5.74) is 8.70. The number of carbonyl (C=O) groups excluding carboxylic acids is 1. The summed E-state index contributed by atoms with van der Waals surface area (Å²) in [6.45, 7) is 9.60. The highest BCUT2D eigenvalue weighted by molar-refractivity contribution is 7.92. The molecular weight excluding hydrogens is 560 g/mol. The summed E-state index contributed by atoms with van der Waals surface area (Å²) in [4.78, 5) is 19.7. The van der Waals surface area contributed by atoms with Gasteiger partial charge in [-0.05, 0) is 97.5 Å². The number of hydrogen-bond acceptors (Lipinski definition) is 5. The maximum atomic E-state index is 13.8. The third-order valence-corrected chi connectivity index (χ3v) is 11.4. The lowest BCUT2D eigenvalue weighted by Crippen LogP contribution is -2.37. The van der Waals surface area contributed by atoms with E-state index in [0.29, 0.717) is 29.8 Å². The van der Waals surface area contributed by atoms with Crippen molar-refractivity contribution >= 4 is 39.0 Å². The van der Waals surface area contributed by atoms with E-state index in [4.69, 9.17) is 4.74 Å². The van der Waals surface area contributed by atoms with Gasteiger partial charge < -0.3 is 15.0 Å². The van der Waals surface area contributed by atoms with E-state index in [1.165, 1.54) is 21.1 Å². The van der Waals surface area contributed by atoms with Gasteiger partial charge in [-0.1, -0.05) is 32.0 Å². The van der Waals surface area contributed by atoms with Gasteiger partial charge in [-0.2, -0.15) is 0 Å². The Morgan fingerprint density at radius 3 is 2.70 bits per heavy atom. The molecule has 0 unspecified atom stereocenters. The molecule has 8 nitrogen and oxygen atoms in total. The summed E-state index contributed by atoms with van der Waals surface area (Å²) in [6, 6.07) is 12.6. The van der Waals surface area contributed by atoms with E-state index in [2.05, 4.69) is 29.0 Å². The highest BCUT2D eigenvalue weighted by Crippen LogP contribution is 2.41. The lowest BCUT2D eigenvalue weighted by Gasteiger charge is -2.30. The number of amides is 1. The zero-order chi connectivity index (χ0) is 29.8. The Balaban J connectivity index is 1.22. The number of hydrogen-bond donors (Lipinski definition) is 2. The first-order valence-electron chi connectivity index (χ1n) is 15.5. The predicted molar refractivity (Wildman–Crippen MR) is 170 cm³/mol.